The molecular weight excluding hydrogens is 430 g/mol. The van der Waals surface area contributed by atoms with Gasteiger partial charge in [-0.25, -0.2) is 8.42 Å². The maximum absolute atomic E-state index is 12.7. The van der Waals surface area contributed by atoms with Gasteiger partial charge in [0, 0.05) is 17.7 Å². The van der Waals surface area contributed by atoms with Crippen LogP contribution in [-0.4, -0.2) is 40.9 Å². The standard InChI is InChI=1S/C23H27N3O5S/c1-14-6-7-17(10-15(14)2)22-16(3)23(26-32(22,28)29)25-13-21(27)24-12-18-11-19(30-4)8-9-20(18)31-5/h6-11H,12-13H2,1-5H3,(H,24,27)(H,25,26). The van der Waals surface area contributed by atoms with Crippen molar-refractivity contribution < 1.29 is 22.7 Å². The van der Waals surface area contributed by atoms with E-state index in [1.807, 2.05) is 26.0 Å². The highest BCUT2D eigenvalue weighted by molar-refractivity contribution is 8.00. The Bertz CT molecular complexity index is 1220. The predicted octanol–water partition coefficient (Wildman–Crippen LogP) is 2.70. The predicted molar refractivity (Wildman–Crippen MR) is 124 cm³/mol. The molecule has 1 aliphatic heterocycles. The van der Waals surface area contributed by atoms with E-state index in [4.69, 9.17) is 9.47 Å². The Morgan fingerprint density at radius 2 is 1.78 bits per heavy atom. The molecular formula is C23H27N3O5S. The zero-order chi connectivity index (χ0) is 23.5. The smallest absolute Gasteiger partial charge is 0.264 e. The van der Waals surface area contributed by atoms with Gasteiger partial charge in [-0.3, -0.25) is 14.5 Å². The Morgan fingerprint density at radius 3 is 2.44 bits per heavy atom. The fourth-order valence-corrected chi connectivity index (χ4v) is 4.90. The lowest BCUT2D eigenvalue weighted by Crippen LogP contribution is -2.28. The topological polar surface area (TPSA) is 106 Å². The highest BCUT2D eigenvalue weighted by atomic mass is 32.2. The third kappa shape index (κ3) is 4.94. The second-order valence-corrected chi connectivity index (χ2v) is 9.10. The van der Waals surface area contributed by atoms with Gasteiger partial charge in [0.15, 0.2) is 0 Å². The highest BCUT2D eigenvalue weighted by Crippen LogP contribution is 2.30. The lowest BCUT2D eigenvalue weighted by molar-refractivity contribution is -0.119. The molecule has 1 amide bonds. The molecule has 0 aliphatic carbocycles. The summed E-state index contributed by atoms with van der Waals surface area (Å²) < 4.78 is 38.4. The number of nitrogens with zero attached hydrogens (tertiary/aromatic N) is 1. The Kier molecular flexibility index (Phi) is 6.88. The van der Waals surface area contributed by atoms with Crippen LogP contribution in [0, 0.1) is 13.8 Å². The molecule has 0 aromatic heterocycles. The molecule has 0 bridgehead atoms. The summed E-state index contributed by atoms with van der Waals surface area (Å²) in [6.45, 7) is 5.58. The number of methoxy groups -OCH3 is 2. The number of nitrogens with one attached hydrogen (secondary N) is 2. The number of carbonyl (C=O) groups excluding carboxylic acids is 1. The molecule has 3 rings (SSSR count). The molecule has 0 radical (unpaired) electrons. The van der Waals surface area contributed by atoms with E-state index >= 15 is 0 Å². The summed E-state index contributed by atoms with van der Waals surface area (Å²) in [5.41, 5.74) is 3.90. The third-order valence-corrected chi connectivity index (χ3v) is 6.85. The summed E-state index contributed by atoms with van der Waals surface area (Å²) >= 11 is 0. The van der Waals surface area contributed by atoms with E-state index in [2.05, 4.69) is 15.0 Å². The maximum Gasteiger partial charge on any atom is 0.264 e. The van der Waals surface area contributed by atoms with E-state index in [1.54, 1.807) is 45.4 Å². The molecule has 0 unspecified atom stereocenters. The first-order valence-corrected chi connectivity index (χ1v) is 11.5. The number of hydrogen-bond acceptors (Lipinski definition) is 6. The summed E-state index contributed by atoms with van der Waals surface area (Å²) in [6, 6.07) is 10.8. The Balaban J connectivity index is 1.74. The van der Waals surface area contributed by atoms with Crippen LogP contribution in [0.2, 0.25) is 0 Å². The van der Waals surface area contributed by atoms with Crippen LogP contribution in [0.15, 0.2) is 47.0 Å². The van der Waals surface area contributed by atoms with Crippen molar-refractivity contribution in [3.63, 3.8) is 0 Å². The van der Waals surface area contributed by atoms with Gasteiger partial charge < -0.3 is 14.8 Å². The molecule has 2 aromatic rings. The van der Waals surface area contributed by atoms with Crippen LogP contribution >= 0.6 is 0 Å². The largest absolute Gasteiger partial charge is 0.497 e. The number of amidine groups is 1. The number of aryl methyl sites for hydroxylation is 2. The first-order chi connectivity index (χ1) is 15.2. The van der Waals surface area contributed by atoms with E-state index < -0.39 is 10.0 Å². The molecule has 1 aliphatic rings. The zero-order valence-corrected chi connectivity index (χ0v) is 19.6. The van der Waals surface area contributed by atoms with Crippen LogP contribution in [0.25, 0.3) is 4.91 Å². The fourth-order valence-electron chi connectivity index (χ4n) is 3.39. The van der Waals surface area contributed by atoms with Gasteiger partial charge in [0.2, 0.25) is 5.91 Å². The first-order valence-electron chi connectivity index (χ1n) is 10.00. The maximum atomic E-state index is 12.7. The third-order valence-electron chi connectivity index (χ3n) is 5.31. The van der Waals surface area contributed by atoms with Gasteiger partial charge >= 0.3 is 0 Å². The van der Waals surface area contributed by atoms with Crippen LogP contribution in [0.3, 0.4) is 0 Å². The molecule has 0 saturated heterocycles. The van der Waals surface area contributed by atoms with Gasteiger partial charge in [-0.15, -0.1) is 0 Å². The number of amides is 1. The van der Waals surface area contributed by atoms with Gasteiger partial charge in [0.25, 0.3) is 10.0 Å². The van der Waals surface area contributed by atoms with Crippen molar-refractivity contribution in [2.24, 2.45) is 4.99 Å². The number of hydrogen-bond donors (Lipinski definition) is 2. The molecule has 2 N–H and O–H groups in total. The summed E-state index contributed by atoms with van der Waals surface area (Å²) in [6.07, 6.45) is 0. The van der Waals surface area contributed by atoms with Crippen molar-refractivity contribution in [3.8, 4) is 11.5 Å². The quantitative estimate of drug-likeness (QED) is 0.665. The summed E-state index contributed by atoms with van der Waals surface area (Å²) in [7, 11) is -0.642. The minimum absolute atomic E-state index is 0.173. The number of sulfonamides is 1. The number of benzene rings is 2. The second kappa shape index (κ2) is 9.44. The van der Waals surface area contributed by atoms with Crippen LogP contribution in [0.5, 0.6) is 11.5 Å². The van der Waals surface area contributed by atoms with Crippen molar-refractivity contribution in [2.75, 3.05) is 20.8 Å². The summed E-state index contributed by atoms with van der Waals surface area (Å²) in [5.74, 6) is 1.09. The van der Waals surface area contributed by atoms with Crippen LogP contribution < -0.4 is 19.5 Å². The highest BCUT2D eigenvalue weighted by Gasteiger charge is 2.32. The molecule has 8 nitrogen and oxygen atoms in total. The van der Waals surface area contributed by atoms with E-state index in [9.17, 15) is 13.2 Å². The van der Waals surface area contributed by atoms with E-state index in [-0.39, 0.29) is 29.7 Å². The van der Waals surface area contributed by atoms with E-state index in [1.165, 1.54) is 0 Å². The lowest BCUT2D eigenvalue weighted by atomic mass is 10.0. The van der Waals surface area contributed by atoms with Crippen molar-refractivity contribution in [2.45, 2.75) is 27.3 Å². The van der Waals surface area contributed by atoms with Crippen LogP contribution in [0.1, 0.15) is 29.2 Å². The van der Waals surface area contributed by atoms with Gasteiger partial charge in [0.05, 0.1) is 14.2 Å². The molecule has 2 aromatic carbocycles. The average molecular weight is 458 g/mol. The normalized spacial score (nSPS) is 16.1. The molecule has 0 fully saturated rings. The van der Waals surface area contributed by atoms with Crippen molar-refractivity contribution in [3.05, 3.63) is 64.2 Å². The Morgan fingerprint density at radius 1 is 1.03 bits per heavy atom. The molecule has 170 valence electrons. The fraction of sp³-hybridized carbons (Fsp3) is 0.304. The first kappa shape index (κ1) is 23.3. The summed E-state index contributed by atoms with van der Waals surface area (Å²) in [5, 5.41) is 2.77. The van der Waals surface area contributed by atoms with Crippen molar-refractivity contribution >= 4 is 26.7 Å². The Hall–Kier alpha value is -3.33. The van der Waals surface area contributed by atoms with E-state index in [0.29, 0.717) is 22.6 Å². The molecule has 1 heterocycles. The van der Waals surface area contributed by atoms with Gasteiger partial charge in [-0.05, 0) is 55.7 Å². The molecule has 9 heteroatoms. The molecule has 0 spiro atoms. The Labute approximate surface area is 188 Å². The molecule has 32 heavy (non-hydrogen) atoms. The van der Waals surface area contributed by atoms with Crippen molar-refractivity contribution in [1.82, 2.24) is 10.0 Å². The van der Waals surface area contributed by atoms with Crippen molar-refractivity contribution in [1.29, 1.82) is 0 Å². The average Bonchev–Trinajstić information content (AvgIpc) is 3.00. The van der Waals surface area contributed by atoms with Crippen LogP contribution in [-0.2, 0) is 21.4 Å². The van der Waals surface area contributed by atoms with Gasteiger partial charge in [-0.2, -0.15) is 0 Å². The minimum atomic E-state index is -3.75. The number of rotatable bonds is 7. The minimum Gasteiger partial charge on any atom is -0.497 e. The number of ether oxygens (including phenoxy) is 2. The molecule has 0 atom stereocenters. The number of aliphatic imine (C=N–C) groups is 1. The molecule has 0 saturated carbocycles. The van der Waals surface area contributed by atoms with Crippen LogP contribution in [0.4, 0.5) is 0 Å². The second-order valence-electron chi connectivity index (χ2n) is 7.48. The van der Waals surface area contributed by atoms with E-state index in [0.717, 1.165) is 16.7 Å². The zero-order valence-electron chi connectivity index (χ0n) is 18.8. The lowest BCUT2D eigenvalue weighted by Gasteiger charge is -2.11. The SMILES string of the molecule is COc1ccc(OC)c(CNC(=O)CN=C2NS(=O)(=O)C(c3ccc(C)c(C)c3)=C2C)c1. The van der Waals surface area contributed by atoms with Gasteiger partial charge in [0.1, 0.15) is 28.8 Å². The summed E-state index contributed by atoms with van der Waals surface area (Å²) in [4.78, 5) is 16.7. The number of carbonyl (C=O) groups is 1. The van der Waals surface area contributed by atoms with Gasteiger partial charge in [-0.1, -0.05) is 18.2 Å². The monoisotopic (exact) mass is 457 g/mol.